The molecule has 1 aliphatic carbocycles. The highest BCUT2D eigenvalue weighted by atomic mass is 16.2. The van der Waals surface area contributed by atoms with E-state index in [2.05, 4.69) is 42.3 Å². The second kappa shape index (κ2) is 6.83. The Labute approximate surface area is 160 Å². The molecule has 142 valence electrons. The summed E-state index contributed by atoms with van der Waals surface area (Å²) < 4.78 is 0. The number of hydrazone groups is 1. The van der Waals surface area contributed by atoms with E-state index in [1.54, 1.807) is 7.05 Å². The fourth-order valence-electron chi connectivity index (χ4n) is 4.20. The Morgan fingerprint density at radius 3 is 2.74 bits per heavy atom. The summed E-state index contributed by atoms with van der Waals surface area (Å²) in [6.07, 6.45) is 6.28. The molecule has 0 saturated heterocycles. The van der Waals surface area contributed by atoms with Crippen molar-refractivity contribution in [3.63, 3.8) is 0 Å². The largest absolute Gasteiger partial charge is 0.369 e. The lowest BCUT2D eigenvalue weighted by molar-refractivity contribution is -0.133. The Bertz CT molecular complexity index is 839. The molecule has 0 radical (unpaired) electrons. The van der Waals surface area contributed by atoms with E-state index < -0.39 is 0 Å². The van der Waals surface area contributed by atoms with Crippen molar-refractivity contribution in [1.82, 2.24) is 4.90 Å². The van der Waals surface area contributed by atoms with Gasteiger partial charge < -0.3 is 5.73 Å². The van der Waals surface area contributed by atoms with Gasteiger partial charge in [-0.15, -0.1) is 0 Å². The number of aryl methyl sites for hydroxylation is 1. The molecule has 1 saturated carbocycles. The van der Waals surface area contributed by atoms with E-state index in [4.69, 9.17) is 5.73 Å². The molecule has 1 aromatic carbocycles. The summed E-state index contributed by atoms with van der Waals surface area (Å²) in [7, 11) is 1.74. The standard InChI is InChI=1S/C21H27N5O/c1-13-5-4-6-17(9-13)26-12-16-10-23-21(22)25(3)20(27)19(15-7-8-15)14(2)18(16)11-24-26/h4-6,9,11-12,14-15,18-19H,7-8,10H2,1-3H3,(H2,22,23)/t14-,18?,19+/m0/s1. The molecule has 0 bridgehead atoms. The van der Waals surface area contributed by atoms with Gasteiger partial charge in [0.25, 0.3) is 0 Å². The lowest BCUT2D eigenvalue weighted by Crippen LogP contribution is -2.45. The van der Waals surface area contributed by atoms with Gasteiger partial charge in [-0.05, 0) is 54.9 Å². The second-order valence-electron chi connectivity index (χ2n) is 7.97. The summed E-state index contributed by atoms with van der Waals surface area (Å²) >= 11 is 0. The summed E-state index contributed by atoms with van der Waals surface area (Å²) in [4.78, 5) is 19.1. The predicted molar refractivity (Wildman–Crippen MR) is 108 cm³/mol. The molecule has 1 fully saturated rings. The maximum Gasteiger partial charge on any atom is 0.232 e. The maximum absolute atomic E-state index is 13.0. The number of hydrogen-bond donors (Lipinski definition) is 1. The van der Waals surface area contributed by atoms with E-state index in [0.717, 1.165) is 24.1 Å². The van der Waals surface area contributed by atoms with Gasteiger partial charge in [-0.25, -0.2) is 10.0 Å². The zero-order valence-corrected chi connectivity index (χ0v) is 16.2. The van der Waals surface area contributed by atoms with Crippen LogP contribution in [0.1, 0.15) is 25.3 Å². The number of nitrogens with two attached hydrogens (primary N) is 1. The van der Waals surface area contributed by atoms with Crippen molar-refractivity contribution in [2.24, 2.45) is 39.5 Å². The van der Waals surface area contributed by atoms with Gasteiger partial charge in [0.1, 0.15) is 0 Å². The fraction of sp³-hybridized carbons (Fsp3) is 0.476. The van der Waals surface area contributed by atoms with Crippen LogP contribution in [0.25, 0.3) is 0 Å². The molecule has 4 rings (SSSR count). The van der Waals surface area contributed by atoms with E-state index in [0.29, 0.717) is 18.4 Å². The van der Waals surface area contributed by atoms with E-state index >= 15 is 0 Å². The highest BCUT2D eigenvalue weighted by molar-refractivity contribution is 5.97. The Balaban J connectivity index is 1.71. The number of aliphatic imine (C=N–C) groups is 1. The normalized spacial score (nSPS) is 28.7. The summed E-state index contributed by atoms with van der Waals surface area (Å²) in [5.41, 5.74) is 9.46. The number of benzene rings is 1. The molecule has 1 amide bonds. The Morgan fingerprint density at radius 1 is 1.26 bits per heavy atom. The maximum atomic E-state index is 13.0. The number of fused-ring (bicyclic) bond motifs is 1. The number of amides is 1. The van der Waals surface area contributed by atoms with Crippen molar-refractivity contribution in [2.45, 2.75) is 26.7 Å². The van der Waals surface area contributed by atoms with Gasteiger partial charge in [0.05, 0.1) is 12.2 Å². The van der Waals surface area contributed by atoms with Crippen molar-refractivity contribution >= 4 is 23.8 Å². The number of carbonyl (C=O) groups excluding carboxylic acids is 1. The highest BCUT2D eigenvalue weighted by Crippen LogP contribution is 2.45. The highest BCUT2D eigenvalue weighted by Gasteiger charge is 2.45. The molecule has 2 aliphatic heterocycles. The number of nitrogens with zero attached hydrogens (tertiary/aromatic N) is 4. The third kappa shape index (κ3) is 3.36. The summed E-state index contributed by atoms with van der Waals surface area (Å²) in [6.45, 7) is 4.72. The summed E-state index contributed by atoms with van der Waals surface area (Å²) in [5, 5.41) is 6.58. The number of anilines is 1. The number of carbonyl (C=O) groups is 1. The van der Waals surface area contributed by atoms with Crippen molar-refractivity contribution in [2.75, 3.05) is 18.6 Å². The van der Waals surface area contributed by atoms with Gasteiger partial charge in [-0.1, -0.05) is 19.1 Å². The molecule has 6 heteroatoms. The number of guanidine groups is 1. The fourth-order valence-corrected chi connectivity index (χ4v) is 4.20. The van der Waals surface area contributed by atoms with Crippen LogP contribution in [0.4, 0.5) is 5.69 Å². The first-order valence-electron chi connectivity index (χ1n) is 9.64. The van der Waals surface area contributed by atoms with E-state index in [1.807, 2.05) is 23.4 Å². The van der Waals surface area contributed by atoms with Gasteiger partial charge in [-0.3, -0.25) is 9.69 Å². The van der Waals surface area contributed by atoms with Gasteiger partial charge in [0.15, 0.2) is 5.96 Å². The molecule has 3 atom stereocenters. The van der Waals surface area contributed by atoms with Crippen molar-refractivity contribution in [3.8, 4) is 0 Å². The molecule has 1 aromatic rings. The molecule has 6 nitrogen and oxygen atoms in total. The zero-order chi connectivity index (χ0) is 19.1. The first-order chi connectivity index (χ1) is 13.0. The van der Waals surface area contributed by atoms with Crippen LogP contribution >= 0.6 is 0 Å². The minimum Gasteiger partial charge on any atom is -0.369 e. The van der Waals surface area contributed by atoms with E-state index in [1.165, 1.54) is 10.5 Å². The zero-order valence-electron chi connectivity index (χ0n) is 16.2. The van der Waals surface area contributed by atoms with Gasteiger partial charge in [-0.2, -0.15) is 5.10 Å². The van der Waals surface area contributed by atoms with Crippen LogP contribution in [0.15, 0.2) is 46.1 Å². The SMILES string of the molecule is Cc1cccc(N2C=C3CN=C(N)N(C)C(=O)[C@@H](C4CC4)[C@@H](C)C3C=N2)c1. The van der Waals surface area contributed by atoms with Crippen LogP contribution in [0.3, 0.4) is 0 Å². The van der Waals surface area contributed by atoms with E-state index in [-0.39, 0.29) is 23.7 Å². The summed E-state index contributed by atoms with van der Waals surface area (Å²) in [6, 6.07) is 8.25. The minimum atomic E-state index is -0.0350. The lowest BCUT2D eigenvalue weighted by Gasteiger charge is -2.33. The van der Waals surface area contributed by atoms with Crippen LogP contribution in [-0.4, -0.2) is 36.6 Å². The number of rotatable bonds is 2. The molecular formula is C21H27N5O. The average molecular weight is 365 g/mol. The smallest absolute Gasteiger partial charge is 0.232 e. The molecular weight excluding hydrogens is 338 g/mol. The Kier molecular flexibility index (Phi) is 4.50. The van der Waals surface area contributed by atoms with Crippen LogP contribution in [0.5, 0.6) is 0 Å². The van der Waals surface area contributed by atoms with Gasteiger partial charge in [0.2, 0.25) is 5.91 Å². The predicted octanol–water partition coefficient (Wildman–Crippen LogP) is 2.75. The molecule has 27 heavy (non-hydrogen) atoms. The van der Waals surface area contributed by atoms with Crippen LogP contribution in [-0.2, 0) is 4.79 Å². The van der Waals surface area contributed by atoms with Crippen molar-refractivity contribution in [1.29, 1.82) is 0 Å². The molecule has 0 spiro atoms. The molecule has 0 aromatic heterocycles. The van der Waals surface area contributed by atoms with Crippen LogP contribution in [0.2, 0.25) is 0 Å². The first kappa shape index (κ1) is 17.8. The van der Waals surface area contributed by atoms with Crippen molar-refractivity contribution in [3.05, 3.63) is 41.6 Å². The van der Waals surface area contributed by atoms with Crippen LogP contribution in [0, 0.1) is 30.6 Å². The van der Waals surface area contributed by atoms with E-state index in [9.17, 15) is 4.79 Å². The lowest BCUT2D eigenvalue weighted by atomic mass is 9.76. The van der Waals surface area contributed by atoms with Gasteiger partial charge in [0, 0.05) is 31.3 Å². The summed E-state index contributed by atoms with van der Waals surface area (Å²) in [5.74, 6) is 1.07. The quantitative estimate of drug-likeness (QED) is 0.876. The Morgan fingerprint density at radius 2 is 2.04 bits per heavy atom. The number of hydrogen-bond acceptors (Lipinski definition) is 5. The topological polar surface area (TPSA) is 74.3 Å². The second-order valence-corrected chi connectivity index (χ2v) is 7.97. The molecule has 3 aliphatic rings. The molecule has 1 unspecified atom stereocenters. The Hall–Kier alpha value is -2.63. The first-order valence-corrected chi connectivity index (χ1v) is 9.64. The monoisotopic (exact) mass is 365 g/mol. The van der Waals surface area contributed by atoms with Crippen LogP contribution < -0.4 is 10.7 Å². The minimum absolute atomic E-state index is 0.0350. The third-order valence-electron chi connectivity index (χ3n) is 5.98. The molecule has 2 heterocycles. The van der Waals surface area contributed by atoms with Crippen molar-refractivity contribution < 1.29 is 4.79 Å². The average Bonchev–Trinajstić information content (AvgIpc) is 3.49. The van der Waals surface area contributed by atoms with Gasteiger partial charge >= 0.3 is 0 Å². The molecule has 2 N–H and O–H groups in total. The third-order valence-corrected chi connectivity index (χ3v) is 5.98.